The highest BCUT2D eigenvalue weighted by Crippen LogP contribution is 2.38. The van der Waals surface area contributed by atoms with E-state index >= 15 is 0 Å². The van der Waals surface area contributed by atoms with Crippen LogP contribution in [0.25, 0.3) is 0 Å². The number of carbonyl (C=O) groups is 2. The van der Waals surface area contributed by atoms with Gasteiger partial charge in [-0.1, -0.05) is 13.8 Å². The van der Waals surface area contributed by atoms with Gasteiger partial charge in [0, 0.05) is 18.8 Å². The molecule has 1 heterocycles. The van der Waals surface area contributed by atoms with E-state index in [0.717, 1.165) is 5.69 Å². The number of fused-ring (bicyclic) bond motifs is 1. The topological polar surface area (TPSA) is 49.4 Å². The fraction of sp³-hybridized carbons (Fsp3) is 0.529. The number of carbonyl (C=O) groups excluding carboxylic acids is 2. The van der Waals surface area contributed by atoms with Gasteiger partial charge in [-0.15, -0.1) is 0 Å². The van der Waals surface area contributed by atoms with Gasteiger partial charge in [0.25, 0.3) is 11.7 Å². The van der Waals surface area contributed by atoms with Crippen molar-refractivity contribution in [3.05, 3.63) is 23.8 Å². The Bertz CT molecular complexity index is 597. The Hall–Kier alpha value is -1.84. The average molecular weight is 286 g/mol. The lowest BCUT2D eigenvalue weighted by molar-refractivity contribution is -0.112. The van der Waals surface area contributed by atoms with Crippen LogP contribution < -0.4 is 10.2 Å². The van der Waals surface area contributed by atoms with Crippen LogP contribution in [0.4, 0.5) is 11.4 Å². The van der Waals surface area contributed by atoms with Crippen LogP contribution in [-0.2, 0) is 4.79 Å². The lowest BCUT2D eigenvalue weighted by atomic mass is 9.75. The Kier molecular flexibility index (Phi) is 3.27. The number of ketones is 1. The van der Waals surface area contributed by atoms with Gasteiger partial charge in [-0.25, -0.2) is 0 Å². The number of benzene rings is 1. The maximum atomic E-state index is 11.6. The van der Waals surface area contributed by atoms with Crippen LogP contribution in [0.3, 0.4) is 0 Å². The third kappa shape index (κ3) is 2.55. The zero-order chi connectivity index (χ0) is 15.2. The number of hydrogen-bond donors (Lipinski definition) is 1. The van der Waals surface area contributed by atoms with E-state index in [1.165, 1.54) is 25.7 Å². The first kappa shape index (κ1) is 14.1. The minimum atomic E-state index is -0.524. The smallest absolute Gasteiger partial charge is 0.296 e. The van der Waals surface area contributed by atoms with Gasteiger partial charge in [-0.2, -0.15) is 0 Å². The third-order valence-corrected chi connectivity index (χ3v) is 4.97. The number of nitrogens with one attached hydrogen (secondary N) is 1. The molecule has 0 aromatic heterocycles. The number of anilines is 2. The minimum Gasteiger partial charge on any atom is -0.372 e. The second-order valence-corrected chi connectivity index (χ2v) is 7.02. The summed E-state index contributed by atoms with van der Waals surface area (Å²) in [4.78, 5) is 25.3. The molecule has 0 spiro atoms. The Morgan fingerprint density at radius 3 is 2.52 bits per heavy atom. The predicted molar refractivity (Wildman–Crippen MR) is 83.8 cm³/mol. The second-order valence-electron chi connectivity index (χ2n) is 7.02. The molecule has 0 unspecified atom stereocenters. The summed E-state index contributed by atoms with van der Waals surface area (Å²) in [6.45, 7) is 4.67. The van der Waals surface area contributed by atoms with Crippen LogP contribution in [0.5, 0.6) is 0 Å². The van der Waals surface area contributed by atoms with E-state index in [1.54, 1.807) is 6.07 Å². The fourth-order valence-corrected chi connectivity index (χ4v) is 3.34. The predicted octanol–water partition coefficient (Wildman–Crippen LogP) is 3.23. The van der Waals surface area contributed by atoms with Crippen LogP contribution in [0, 0.1) is 5.41 Å². The molecule has 3 rings (SSSR count). The number of amides is 1. The first-order valence-corrected chi connectivity index (χ1v) is 7.60. The van der Waals surface area contributed by atoms with Gasteiger partial charge < -0.3 is 10.2 Å². The van der Waals surface area contributed by atoms with Crippen molar-refractivity contribution in [2.45, 2.75) is 45.6 Å². The van der Waals surface area contributed by atoms with E-state index in [1.807, 2.05) is 12.1 Å². The Morgan fingerprint density at radius 1 is 1.19 bits per heavy atom. The number of Topliss-reactive ketones (excluding diaryl/α,β-unsaturated/α-hetero) is 1. The first-order valence-electron chi connectivity index (χ1n) is 7.60. The molecule has 1 saturated carbocycles. The lowest BCUT2D eigenvalue weighted by Gasteiger charge is -2.39. The van der Waals surface area contributed by atoms with Crippen molar-refractivity contribution < 1.29 is 9.59 Å². The molecular formula is C17H22N2O2. The van der Waals surface area contributed by atoms with Gasteiger partial charge in [0.05, 0.1) is 11.3 Å². The SMILES string of the molecule is CN(c1ccc2c(c1)NC(=O)C2=O)C1CCC(C)(C)CC1. The van der Waals surface area contributed by atoms with E-state index < -0.39 is 11.7 Å². The largest absolute Gasteiger partial charge is 0.372 e. The maximum absolute atomic E-state index is 11.6. The Morgan fingerprint density at radius 2 is 1.86 bits per heavy atom. The minimum absolute atomic E-state index is 0.432. The van der Waals surface area contributed by atoms with E-state index in [4.69, 9.17) is 0 Å². The summed E-state index contributed by atoms with van der Waals surface area (Å²) < 4.78 is 0. The van der Waals surface area contributed by atoms with Crippen LogP contribution in [-0.4, -0.2) is 24.8 Å². The molecule has 1 N–H and O–H groups in total. The molecule has 112 valence electrons. The lowest BCUT2D eigenvalue weighted by Crippen LogP contribution is -2.37. The van der Waals surface area contributed by atoms with Crippen molar-refractivity contribution in [2.75, 3.05) is 17.3 Å². The summed E-state index contributed by atoms with van der Waals surface area (Å²) in [5.74, 6) is -0.956. The summed E-state index contributed by atoms with van der Waals surface area (Å²) >= 11 is 0. The molecule has 21 heavy (non-hydrogen) atoms. The molecular weight excluding hydrogens is 264 g/mol. The monoisotopic (exact) mass is 286 g/mol. The van der Waals surface area contributed by atoms with Crippen molar-refractivity contribution in [3.63, 3.8) is 0 Å². The van der Waals surface area contributed by atoms with Crippen molar-refractivity contribution >= 4 is 23.1 Å². The van der Waals surface area contributed by atoms with E-state index in [9.17, 15) is 9.59 Å². The van der Waals surface area contributed by atoms with Crippen molar-refractivity contribution in [2.24, 2.45) is 5.41 Å². The van der Waals surface area contributed by atoms with Crippen molar-refractivity contribution in [1.82, 2.24) is 0 Å². The highest BCUT2D eigenvalue weighted by molar-refractivity contribution is 6.51. The highest BCUT2D eigenvalue weighted by atomic mass is 16.2. The van der Waals surface area contributed by atoms with E-state index in [2.05, 4.69) is 31.1 Å². The van der Waals surface area contributed by atoms with Gasteiger partial charge in [0.2, 0.25) is 0 Å². The number of rotatable bonds is 2. The van der Waals surface area contributed by atoms with Crippen LogP contribution in [0.2, 0.25) is 0 Å². The molecule has 2 aliphatic rings. The van der Waals surface area contributed by atoms with Crippen molar-refractivity contribution in [1.29, 1.82) is 0 Å². The summed E-state index contributed by atoms with van der Waals surface area (Å²) in [6, 6.07) is 6.15. The van der Waals surface area contributed by atoms with E-state index in [-0.39, 0.29) is 0 Å². The molecule has 0 bridgehead atoms. The summed E-state index contributed by atoms with van der Waals surface area (Å²) in [7, 11) is 2.10. The van der Waals surface area contributed by atoms with Gasteiger partial charge in [-0.3, -0.25) is 9.59 Å². The molecule has 0 saturated heterocycles. The molecule has 0 radical (unpaired) electrons. The molecule has 1 aliphatic carbocycles. The summed E-state index contributed by atoms with van der Waals surface area (Å²) in [5.41, 5.74) is 2.65. The molecule has 4 heteroatoms. The van der Waals surface area contributed by atoms with Gasteiger partial charge in [0.15, 0.2) is 0 Å². The van der Waals surface area contributed by atoms with Crippen LogP contribution in [0.15, 0.2) is 18.2 Å². The molecule has 4 nitrogen and oxygen atoms in total. The zero-order valence-electron chi connectivity index (χ0n) is 12.9. The molecule has 1 amide bonds. The van der Waals surface area contributed by atoms with Crippen LogP contribution >= 0.6 is 0 Å². The second kappa shape index (κ2) is 4.86. The Labute approximate surface area is 125 Å². The van der Waals surface area contributed by atoms with Crippen molar-refractivity contribution in [3.8, 4) is 0 Å². The average Bonchev–Trinajstić information content (AvgIpc) is 2.73. The molecule has 1 fully saturated rings. The third-order valence-electron chi connectivity index (χ3n) is 4.97. The molecule has 1 aliphatic heterocycles. The number of nitrogens with zero attached hydrogens (tertiary/aromatic N) is 1. The van der Waals surface area contributed by atoms with Gasteiger partial charge >= 0.3 is 0 Å². The first-order chi connectivity index (χ1) is 9.87. The fourth-order valence-electron chi connectivity index (χ4n) is 3.34. The normalized spacial score (nSPS) is 21.1. The highest BCUT2D eigenvalue weighted by Gasteiger charge is 2.31. The summed E-state index contributed by atoms with van der Waals surface area (Å²) in [5, 5.41) is 2.64. The number of hydrogen-bond acceptors (Lipinski definition) is 3. The molecule has 0 atom stereocenters. The van der Waals surface area contributed by atoms with Gasteiger partial charge in [0.1, 0.15) is 0 Å². The standard InChI is InChI=1S/C17H22N2O2/c1-17(2)8-6-11(7-9-17)19(3)12-4-5-13-14(10-12)18-16(21)15(13)20/h4-5,10-11H,6-9H2,1-3H3,(H,18,20,21). The Balaban J connectivity index is 1.78. The van der Waals surface area contributed by atoms with Crippen LogP contribution in [0.1, 0.15) is 49.9 Å². The summed E-state index contributed by atoms with van der Waals surface area (Å²) in [6.07, 6.45) is 4.85. The molecule has 1 aromatic carbocycles. The van der Waals surface area contributed by atoms with Gasteiger partial charge in [-0.05, 0) is 49.3 Å². The molecule has 1 aromatic rings. The van der Waals surface area contributed by atoms with E-state index in [0.29, 0.717) is 22.7 Å². The maximum Gasteiger partial charge on any atom is 0.296 e. The quantitative estimate of drug-likeness (QED) is 0.849. The zero-order valence-corrected chi connectivity index (χ0v) is 12.9.